The zero-order valence-corrected chi connectivity index (χ0v) is 15.7. The normalized spacial score (nSPS) is 23.0. The molecule has 0 amide bonds. The van der Waals surface area contributed by atoms with Gasteiger partial charge in [-0.05, 0) is 38.2 Å². The van der Waals surface area contributed by atoms with Crippen LogP contribution in [0.3, 0.4) is 0 Å². The van der Waals surface area contributed by atoms with Gasteiger partial charge in [0.05, 0.1) is 6.10 Å². The quantitative estimate of drug-likeness (QED) is 0.358. The zero-order chi connectivity index (χ0) is 18.3. The lowest BCUT2D eigenvalue weighted by atomic mass is 10.1. The molecule has 1 aliphatic rings. The van der Waals surface area contributed by atoms with Crippen molar-refractivity contribution in [1.82, 2.24) is 0 Å². The second-order valence-electron chi connectivity index (χ2n) is 6.48. The molecule has 0 saturated carbocycles. The van der Waals surface area contributed by atoms with Crippen LogP contribution in [0.4, 0.5) is 0 Å². The molecular weight excluding hydrogens is 316 g/mol. The lowest BCUT2D eigenvalue weighted by Gasteiger charge is -2.18. The average molecular weight is 350 g/mol. The summed E-state index contributed by atoms with van der Waals surface area (Å²) in [6.07, 6.45) is 18.7. The summed E-state index contributed by atoms with van der Waals surface area (Å²) in [5.41, 5.74) is 0. The van der Waals surface area contributed by atoms with Crippen LogP contribution in [-0.4, -0.2) is 36.5 Å². The van der Waals surface area contributed by atoms with E-state index in [-0.39, 0.29) is 12.1 Å². The smallest absolute Gasteiger partial charge is 0.306 e. The lowest BCUT2D eigenvalue weighted by molar-refractivity contribution is -0.146. The summed E-state index contributed by atoms with van der Waals surface area (Å²) in [4.78, 5) is 11.7. The molecule has 0 bridgehead atoms. The predicted octanol–water partition coefficient (Wildman–Crippen LogP) is 4.49. The number of methoxy groups -OCH3 is 1. The fourth-order valence-corrected chi connectivity index (χ4v) is 2.70. The molecule has 0 aliphatic carbocycles. The summed E-state index contributed by atoms with van der Waals surface area (Å²) < 4.78 is 10.8. The first-order chi connectivity index (χ1) is 12.2. The van der Waals surface area contributed by atoms with Crippen molar-refractivity contribution in [2.45, 2.75) is 83.0 Å². The number of hydrogen-bond donors (Lipinski definition) is 1. The van der Waals surface area contributed by atoms with Crippen LogP contribution in [-0.2, 0) is 14.3 Å². The minimum absolute atomic E-state index is 0.164. The van der Waals surface area contributed by atoms with Crippen LogP contribution < -0.4 is 0 Å². The van der Waals surface area contributed by atoms with Crippen LogP contribution in [0, 0.1) is 0 Å². The van der Waals surface area contributed by atoms with Gasteiger partial charge in [0.1, 0.15) is 12.2 Å². The van der Waals surface area contributed by atoms with Crippen LogP contribution in [0.2, 0.25) is 0 Å². The number of hydrogen-bond acceptors (Lipinski definition) is 4. The Kier molecular flexibility index (Phi) is 12.0. The first-order valence-corrected chi connectivity index (χ1v) is 9.56. The van der Waals surface area contributed by atoms with Crippen LogP contribution in [0.25, 0.3) is 0 Å². The summed E-state index contributed by atoms with van der Waals surface area (Å²) >= 11 is 0. The molecule has 1 N–H and O–H groups in total. The van der Waals surface area contributed by atoms with Crippen LogP contribution in [0.1, 0.15) is 64.7 Å². The van der Waals surface area contributed by atoms with Gasteiger partial charge in [-0.3, -0.25) is 4.79 Å². The molecule has 0 saturated heterocycles. The first-order valence-electron chi connectivity index (χ1n) is 9.56. The van der Waals surface area contributed by atoms with E-state index in [0.717, 1.165) is 19.3 Å². The molecule has 1 aliphatic heterocycles. The van der Waals surface area contributed by atoms with Gasteiger partial charge in [0.25, 0.3) is 0 Å². The Morgan fingerprint density at radius 2 is 2.20 bits per heavy atom. The third-order valence-electron chi connectivity index (χ3n) is 4.25. The largest absolute Gasteiger partial charge is 0.458 e. The van der Waals surface area contributed by atoms with Gasteiger partial charge in [-0.15, -0.1) is 0 Å². The Hall–Kier alpha value is -1.39. The van der Waals surface area contributed by atoms with Crippen LogP contribution in [0.15, 0.2) is 36.5 Å². The van der Waals surface area contributed by atoms with E-state index in [9.17, 15) is 9.90 Å². The second-order valence-corrected chi connectivity index (χ2v) is 6.48. The van der Waals surface area contributed by atoms with Crippen LogP contribution in [0.5, 0.6) is 0 Å². The number of carbonyl (C=O) groups is 1. The SMILES string of the molecule is CCCCC/C=C\C[C@H](O)[C@H](/C=C/[C@@H]1C/C=C\CCCC(=O)O1)OC. The maximum atomic E-state index is 11.7. The topological polar surface area (TPSA) is 55.8 Å². The minimum atomic E-state index is -0.605. The second kappa shape index (κ2) is 13.9. The fraction of sp³-hybridized carbons (Fsp3) is 0.667. The predicted molar refractivity (Wildman–Crippen MR) is 101 cm³/mol. The van der Waals surface area contributed by atoms with Gasteiger partial charge in [-0.2, -0.15) is 0 Å². The molecule has 142 valence electrons. The van der Waals surface area contributed by atoms with E-state index in [1.165, 1.54) is 19.3 Å². The van der Waals surface area contributed by atoms with Gasteiger partial charge >= 0.3 is 5.97 Å². The van der Waals surface area contributed by atoms with E-state index in [4.69, 9.17) is 9.47 Å². The summed E-state index contributed by atoms with van der Waals surface area (Å²) in [6.45, 7) is 2.19. The Morgan fingerprint density at radius 3 is 2.96 bits per heavy atom. The van der Waals surface area contributed by atoms with Crippen molar-refractivity contribution >= 4 is 5.97 Å². The third-order valence-corrected chi connectivity index (χ3v) is 4.25. The number of rotatable bonds is 10. The molecule has 3 atom stereocenters. The highest BCUT2D eigenvalue weighted by Crippen LogP contribution is 2.13. The number of ether oxygens (including phenoxy) is 2. The maximum Gasteiger partial charge on any atom is 0.306 e. The molecule has 0 spiro atoms. The van der Waals surface area contributed by atoms with Gasteiger partial charge in [0.15, 0.2) is 0 Å². The molecule has 1 heterocycles. The number of carbonyl (C=O) groups excluding carboxylic acids is 1. The van der Waals surface area contributed by atoms with Crippen molar-refractivity contribution < 1.29 is 19.4 Å². The molecular formula is C21H34O4. The standard InChI is InChI=1S/C21H34O4/c1-3-4-5-6-7-11-14-19(22)20(24-2)17-16-18-13-10-8-9-12-15-21(23)25-18/h7-8,10-11,16-20,22H,3-6,9,12-15H2,1-2H3/b10-8-,11-7-,17-16+/t18-,19-,20-/m0/s1. The van der Waals surface area contributed by atoms with Crippen molar-refractivity contribution in [1.29, 1.82) is 0 Å². The van der Waals surface area contributed by atoms with Crippen molar-refractivity contribution in [2.75, 3.05) is 7.11 Å². The van der Waals surface area contributed by atoms with E-state index in [1.807, 2.05) is 18.2 Å². The molecule has 1 rings (SSSR count). The van der Waals surface area contributed by atoms with Crippen molar-refractivity contribution in [3.05, 3.63) is 36.5 Å². The zero-order valence-electron chi connectivity index (χ0n) is 15.7. The number of esters is 1. The number of allylic oxidation sites excluding steroid dienone is 2. The van der Waals surface area contributed by atoms with Gasteiger partial charge in [0, 0.05) is 20.0 Å². The van der Waals surface area contributed by atoms with E-state index in [0.29, 0.717) is 19.3 Å². The third kappa shape index (κ3) is 10.3. The van der Waals surface area contributed by atoms with E-state index in [1.54, 1.807) is 13.2 Å². The van der Waals surface area contributed by atoms with Gasteiger partial charge in [-0.25, -0.2) is 0 Å². The summed E-state index contributed by atoms with van der Waals surface area (Å²) in [5, 5.41) is 10.3. The number of cyclic esters (lactones) is 1. The highest BCUT2D eigenvalue weighted by Gasteiger charge is 2.16. The Labute approximate surface area is 152 Å². The molecule has 0 aromatic carbocycles. The first kappa shape index (κ1) is 21.7. The van der Waals surface area contributed by atoms with Gasteiger partial charge in [-0.1, -0.05) is 50.1 Å². The average Bonchev–Trinajstić information content (AvgIpc) is 2.70. The Balaban J connectivity index is 2.48. The van der Waals surface area contributed by atoms with Crippen molar-refractivity contribution in [3.63, 3.8) is 0 Å². The monoisotopic (exact) mass is 350 g/mol. The molecule has 25 heavy (non-hydrogen) atoms. The maximum absolute atomic E-state index is 11.7. The van der Waals surface area contributed by atoms with Crippen molar-refractivity contribution in [3.8, 4) is 0 Å². The Bertz CT molecular complexity index is 439. The van der Waals surface area contributed by atoms with Crippen molar-refractivity contribution in [2.24, 2.45) is 0 Å². The molecule has 0 aromatic heterocycles. The molecule has 0 radical (unpaired) electrons. The molecule has 0 aromatic rings. The fourth-order valence-electron chi connectivity index (χ4n) is 2.70. The highest BCUT2D eigenvalue weighted by atomic mass is 16.5. The minimum Gasteiger partial charge on any atom is -0.458 e. The molecule has 0 unspecified atom stereocenters. The van der Waals surface area contributed by atoms with Crippen LogP contribution >= 0.6 is 0 Å². The van der Waals surface area contributed by atoms with E-state index >= 15 is 0 Å². The summed E-state index contributed by atoms with van der Waals surface area (Å²) in [5.74, 6) is -0.164. The summed E-state index contributed by atoms with van der Waals surface area (Å²) in [6, 6.07) is 0. The molecule has 0 fully saturated rings. The number of unbranched alkanes of at least 4 members (excludes halogenated alkanes) is 3. The highest BCUT2D eigenvalue weighted by molar-refractivity contribution is 5.69. The lowest BCUT2D eigenvalue weighted by Crippen LogP contribution is -2.26. The Morgan fingerprint density at radius 1 is 1.36 bits per heavy atom. The van der Waals surface area contributed by atoms with Gasteiger partial charge in [0.2, 0.25) is 0 Å². The number of aliphatic hydroxyl groups excluding tert-OH is 1. The van der Waals surface area contributed by atoms with Gasteiger partial charge < -0.3 is 14.6 Å². The van der Waals surface area contributed by atoms with E-state index < -0.39 is 12.2 Å². The summed E-state index contributed by atoms with van der Waals surface area (Å²) in [7, 11) is 1.58. The number of aliphatic hydroxyl groups is 1. The van der Waals surface area contributed by atoms with E-state index in [2.05, 4.69) is 19.1 Å². The molecule has 4 heteroatoms. The molecule has 4 nitrogen and oxygen atoms in total.